The Balaban J connectivity index is 1.64. The maximum atomic E-state index is 10.8. The highest BCUT2D eigenvalue weighted by molar-refractivity contribution is 7.80. The SMILES string of the molecule is Cc1cc(Nc2cc(-c3ccccc3)nc(Oc3ccc(NS(=O)O)cc3)n2)n[nH]1. The molecule has 0 saturated heterocycles. The van der Waals surface area contributed by atoms with E-state index in [4.69, 9.17) is 9.29 Å². The maximum absolute atomic E-state index is 10.8. The lowest BCUT2D eigenvalue weighted by atomic mass is 10.1. The lowest BCUT2D eigenvalue weighted by Crippen LogP contribution is -2.02. The van der Waals surface area contributed by atoms with E-state index in [-0.39, 0.29) is 6.01 Å². The zero-order chi connectivity index (χ0) is 20.9. The van der Waals surface area contributed by atoms with E-state index in [9.17, 15) is 4.21 Å². The first-order chi connectivity index (χ1) is 14.5. The third kappa shape index (κ3) is 4.99. The molecule has 0 spiro atoms. The lowest BCUT2D eigenvalue weighted by molar-refractivity contribution is 0.443. The molecule has 4 aromatic rings. The van der Waals surface area contributed by atoms with Crippen molar-refractivity contribution in [1.82, 2.24) is 20.2 Å². The molecule has 0 radical (unpaired) electrons. The molecular weight excluding hydrogens is 404 g/mol. The number of rotatable bonds is 7. The molecule has 4 rings (SSSR count). The molecule has 1 unspecified atom stereocenters. The van der Waals surface area contributed by atoms with Crippen molar-refractivity contribution >= 4 is 28.6 Å². The topological polar surface area (TPSA) is 125 Å². The van der Waals surface area contributed by atoms with Crippen molar-refractivity contribution in [1.29, 1.82) is 0 Å². The monoisotopic (exact) mass is 422 g/mol. The first-order valence-corrected chi connectivity index (χ1v) is 10.0. The summed E-state index contributed by atoms with van der Waals surface area (Å²) in [7, 11) is 0. The fourth-order valence-electron chi connectivity index (χ4n) is 2.70. The second kappa shape index (κ2) is 8.72. The van der Waals surface area contributed by atoms with Crippen LogP contribution in [-0.4, -0.2) is 28.9 Å². The number of nitrogens with zero attached hydrogens (tertiary/aromatic N) is 3. The minimum absolute atomic E-state index is 0.151. The van der Waals surface area contributed by atoms with Gasteiger partial charge in [0.05, 0.1) is 5.69 Å². The molecule has 2 aromatic carbocycles. The second-order valence-electron chi connectivity index (χ2n) is 6.33. The third-order valence-electron chi connectivity index (χ3n) is 4.01. The van der Waals surface area contributed by atoms with Crippen LogP contribution in [-0.2, 0) is 11.3 Å². The van der Waals surface area contributed by atoms with Gasteiger partial charge in [-0.25, -0.2) is 4.21 Å². The average molecular weight is 422 g/mol. The van der Waals surface area contributed by atoms with Crippen LogP contribution in [0, 0.1) is 6.92 Å². The van der Waals surface area contributed by atoms with Gasteiger partial charge in [0, 0.05) is 29.1 Å². The number of aromatic nitrogens is 4. The quantitative estimate of drug-likeness (QED) is 0.328. The predicted molar refractivity (Wildman–Crippen MR) is 115 cm³/mol. The number of anilines is 3. The zero-order valence-corrected chi connectivity index (χ0v) is 16.7. The highest BCUT2D eigenvalue weighted by Crippen LogP contribution is 2.27. The number of H-pyrrole nitrogens is 1. The molecule has 0 aliphatic heterocycles. The van der Waals surface area contributed by atoms with Crippen molar-refractivity contribution in [3.63, 3.8) is 0 Å². The average Bonchev–Trinajstić information content (AvgIpc) is 3.14. The molecule has 2 aromatic heterocycles. The van der Waals surface area contributed by atoms with Crippen LogP contribution in [0.3, 0.4) is 0 Å². The molecule has 0 amide bonds. The van der Waals surface area contributed by atoms with E-state index in [1.807, 2.05) is 49.4 Å². The molecule has 2 heterocycles. The van der Waals surface area contributed by atoms with Crippen LogP contribution in [0.15, 0.2) is 66.7 Å². The smallest absolute Gasteiger partial charge is 0.324 e. The Morgan fingerprint density at radius 1 is 1.00 bits per heavy atom. The minimum Gasteiger partial charge on any atom is -0.424 e. The standard InChI is InChI=1S/C20H18N6O3S/c1-13-11-19(25-24-13)22-18-12-17(14-5-3-2-4-6-14)21-20(23-18)29-16-9-7-15(8-10-16)26-30(27)28/h2-12,26H,1H3,(H,27,28)(H2,21,22,23,24,25). The first kappa shape index (κ1) is 19.6. The number of ether oxygens (including phenoxy) is 1. The molecule has 10 heteroatoms. The summed E-state index contributed by atoms with van der Waals surface area (Å²) in [6.45, 7) is 1.91. The van der Waals surface area contributed by atoms with Gasteiger partial charge in [0.25, 0.3) is 11.3 Å². The van der Waals surface area contributed by atoms with Crippen molar-refractivity contribution in [3.8, 4) is 23.0 Å². The van der Waals surface area contributed by atoms with Gasteiger partial charge in [0.2, 0.25) is 0 Å². The highest BCUT2D eigenvalue weighted by Gasteiger charge is 2.10. The summed E-state index contributed by atoms with van der Waals surface area (Å²) in [5.41, 5.74) is 3.00. The van der Waals surface area contributed by atoms with E-state index in [0.29, 0.717) is 28.8 Å². The number of nitrogens with one attached hydrogen (secondary N) is 3. The molecule has 0 bridgehead atoms. The van der Waals surface area contributed by atoms with Crippen LogP contribution in [0.25, 0.3) is 11.3 Å². The number of hydrogen-bond donors (Lipinski definition) is 4. The van der Waals surface area contributed by atoms with Crippen LogP contribution >= 0.6 is 0 Å². The Morgan fingerprint density at radius 2 is 1.77 bits per heavy atom. The van der Waals surface area contributed by atoms with Crippen molar-refractivity contribution in [2.45, 2.75) is 6.92 Å². The molecule has 9 nitrogen and oxygen atoms in total. The minimum atomic E-state index is -2.14. The van der Waals surface area contributed by atoms with Crippen LogP contribution in [0.2, 0.25) is 0 Å². The van der Waals surface area contributed by atoms with Gasteiger partial charge in [0.15, 0.2) is 5.82 Å². The number of aryl methyl sites for hydroxylation is 1. The van der Waals surface area contributed by atoms with E-state index in [2.05, 4.69) is 30.2 Å². The highest BCUT2D eigenvalue weighted by atomic mass is 32.2. The van der Waals surface area contributed by atoms with Gasteiger partial charge in [-0.15, -0.1) is 0 Å². The van der Waals surface area contributed by atoms with Gasteiger partial charge in [0.1, 0.15) is 11.6 Å². The van der Waals surface area contributed by atoms with Crippen molar-refractivity contribution in [2.75, 3.05) is 10.0 Å². The third-order valence-corrected chi connectivity index (χ3v) is 4.42. The van der Waals surface area contributed by atoms with Gasteiger partial charge in [-0.3, -0.25) is 14.4 Å². The van der Waals surface area contributed by atoms with E-state index in [1.54, 1.807) is 24.3 Å². The largest absolute Gasteiger partial charge is 0.424 e. The second-order valence-corrected chi connectivity index (χ2v) is 7.03. The van der Waals surface area contributed by atoms with Crippen molar-refractivity contribution in [2.24, 2.45) is 0 Å². The molecule has 0 saturated carbocycles. The normalized spacial score (nSPS) is 11.7. The Bertz CT molecular complexity index is 1160. The first-order valence-electron chi connectivity index (χ1n) is 8.94. The summed E-state index contributed by atoms with van der Waals surface area (Å²) in [4.78, 5) is 8.94. The molecular formula is C20H18N6O3S. The lowest BCUT2D eigenvalue weighted by Gasteiger charge is -2.10. The summed E-state index contributed by atoms with van der Waals surface area (Å²) >= 11 is -2.14. The Morgan fingerprint density at radius 3 is 2.43 bits per heavy atom. The van der Waals surface area contributed by atoms with E-state index in [0.717, 1.165) is 11.3 Å². The zero-order valence-electron chi connectivity index (χ0n) is 15.9. The summed E-state index contributed by atoms with van der Waals surface area (Å²) < 4.78 is 28.0. The molecule has 0 aliphatic rings. The number of hydrogen-bond acceptors (Lipinski definition) is 6. The van der Waals surface area contributed by atoms with E-state index in [1.165, 1.54) is 0 Å². The maximum Gasteiger partial charge on any atom is 0.324 e. The van der Waals surface area contributed by atoms with Gasteiger partial charge in [-0.1, -0.05) is 30.3 Å². The molecule has 1 atom stereocenters. The Hall–Kier alpha value is -3.76. The van der Waals surface area contributed by atoms with Crippen molar-refractivity contribution < 1.29 is 13.5 Å². The van der Waals surface area contributed by atoms with Crippen molar-refractivity contribution in [3.05, 3.63) is 72.4 Å². The Labute approximate surface area is 175 Å². The number of benzene rings is 2. The number of aromatic amines is 1. The van der Waals surface area contributed by atoms with Gasteiger partial charge < -0.3 is 10.1 Å². The predicted octanol–water partition coefficient (Wildman–Crippen LogP) is 4.26. The van der Waals surface area contributed by atoms with Gasteiger partial charge in [-0.05, 0) is 31.2 Å². The molecule has 30 heavy (non-hydrogen) atoms. The fraction of sp³-hybridized carbons (Fsp3) is 0.0500. The Kier molecular flexibility index (Phi) is 5.68. The van der Waals surface area contributed by atoms with Crippen LogP contribution in [0.4, 0.5) is 17.3 Å². The fourth-order valence-corrected chi connectivity index (χ4v) is 3.04. The molecule has 0 aliphatic carbocycles. The van der Waals surface area contributed by atoms with Crippen LogP contribution < -0.4 is 14.8 Å². The molecule has 4 N–H and O–H groups in total. The summed E-state index contributed by atoms with van der Waals surface area (Å²) in [5, 5.41) is 10.2. The van der Waals surface area contributed by atoms with E-state index >= 15 is 0 Å². The summed E-state index contributed by atoms with van der Waals surface area (Å²) in [6.07, 6.45) is 0. The van der Waals surface area contributed by atoms with Crippen LogP contribution in [0.5, 0.6) is 11.8 Å². The molecule has 152 valence electrons. The summed E-state index contributed by atoms with van der Waals surface area (Å²) in [6, 6.07) is 20.1. The van der Waals surface area contributed by atoms with Crippen LogP contribution in [0.1, 0.15) is 5.69 Å². The summed E-state index contributed by atoms with van der Waals surface area (Å²) in [5.74, 6) is 1.64. The van der Waals surface area contributed by atoms with Gasteiger partial charge >= 0.3 is 6.01 Å². The van der Waals surface area contributed by atoms with Gasteiger partial charge in [-0.2, -0.15) is 15.1 Å². The molecule has 0 fully saturated rings. The van der Waals surface area contributed by atoms with E-state index < -0.39 is 11.3 Å².